The van der Waals surface area contributed by atoms with Crippen molar-refractivity contribution >= 4 is 11.3 Å². The van der Waals surface area contributed by atoms with E-state index in [1.54, 1.807) is 47.7 Å². The van der Waals surface area contributed by atoms with Crippen LogP contribution in [-0.4, -0.2) is 23.8 Å². The maximum absolute atomic E-state index is 12.9. The van der Waals surface area contributed by atoms with Crippen LogP contribution >= 0.6 is 11.3 Å². The molecule has 170 valence electrons. The zero-order chi connectivity index (χ0) is 22.5. The van der Waals surface area contributed by atoms with Gasteiger partial charge in [0.05, 0.1) is 12.2 Å². The first kappa shape index (κ1) is 22.6. The highest BCUT2D eigenvalue weighted by Crippen LogP contribution is 2.39. The van der Waals surface area contributed by atoms with Crippen LogP contribution in [0.3, 0.4) is 0 Å². The smallest absolute Gasteiger partial charge is 0.387 e. The highest BCUT2D eigenvalue weighted by molar-refractivity contribution is 7.11. The van der Waals surface area contributed by atoms with Gasteiger partial charge < -0.3 is 14.7 Å². The van der Waals surface area contributed by atoms with Gasteiger partial charge >= 0.3 is 6.61 Å². The van der Waals surface area contributed by atoms with Gasteiger partial charge in [0.15, 0.2) is 12.4 Å². The lowest BCUT2D eigenvalue weighted by Crippen LogP contribution is -2.52. The summed E-state index contributed by atoms with van der Waals surface area (Å²) < 4.78 is 36.2. The molecule has 1 aliphatic carbocycles. The van der Waals surface area contributed by atoms with Gasteiger partial charge in [0.1, 0.15) is 10.8 Å². The molecule has 1 unspecified atom stereocenters. The van der Waals surface area contributed by atoms with Crippen molar-refractivity contribution in [2.75, 3.05) is 0 Å². The Hall–Kier alpha value is -2.58. The van der Waals surface area contributed by atoms with E-state index < -0.39 is 6.61 Å². The Morgan fingerprint density at radius 2 is 1.84 bits per heavy atom. The fourth-order valence-corrected chi connectivity index (χ4v) is 4.87. The van der Waals surface area contributed by atoms with Gasteiger partial charge in [-0.3, -0.25) is 0 Å². The molecule has 2 saturated heterocycles. The Kier molecular flexibility index (Phi) is 7.32. The number of alkyl halides is 2. The number of hydrogen-bond donors (Lipinski definition) is 0. The van der Waals surface area contributed by atoms with Gasteiger partial charge in [-0.2, -0.15) is 13.5 Å². The zero-order valence-electron chi connectivity index (χ0n) is 17.8. The van der Waals surface area contributed by atoms with Crippen LogP contribution < -0.4 is 9.47 Å². The average molecular weight is 461 g/mol. The van der Waals surface area contributed by atoms with Crippen molar-refractivity contribution in [3.63, 3.8) is 0 Å². The van der Waals surface area contributed by atoms with E-state index in [1.807, 2.05) is 6.20 Å². The summed E-state index contributed by atoms with van der Waals surface area (Å²) in [6, 6.07) is 10.3. The first-order valence-corrected chi connectivity index (χ1v) is 11.6. The molecule has 2 bridgehead atoms. The number of thiazole rings is 1. The summed E-state index contributed by atoms with van der Waals surface area (Å²) in [6.45, 7) is -0.792. The molecule has 8 heteroatoms. The summed E-state index contributed by atoms with van der Waals surface area (Å²) in [5, 5.41) is 12.2. The molecule has 0 N–H and O–H groups in total. The Balaban J connectivity index is 0.000000422. The third-order valence-electron chi connectivity index (χ3n) is 5.62. The van der Waals surface area contributed by atoms with Gasteiger partial charge in [-0.1, -0.05) is 31.5 Å². The third kappa shape index (κ3) is 5.61. The van der Waals surface area contributed by atoms with E-state index in [0.29, 0.717) is 24.2 Å². The Morgan fingerprint density at radius 1 is 1.19 bits per heavy atom. The minimum absolute atomic E-state index is 0.152. The van der Waals surface area contributed by atoms with Crippen LogP contribution in [0.25, 0.3) is 0 Å². The Labute approximate surface area is 190 Å². The molecule has 6 rings (SSSR count). The molecule has 3 aromatic rings. The van der Waals surface area contributed by atoms with Gasteiger partial charge in [-0.25, -0.2) is 4.98 Å². The molecule has 4 heterocycles. The van der Waals surface area contributed by atoms with Crippen molar-refractivity contribution in [1.29, 1.82) is 0 Å². The predicted molar refractivity (Wildman–Crippen MR) is 118 cm³/mol. The van der Waals surface area contributed by atoms with Crippen LogP contribution in [0.15, 0.2) is 55.0 Å². The second-order valence-corrected chi connectivity index (χ2v) is 9.15. The molecule has 5 nitrogen and oxygen atoms in total. The number of ether oxygens (including phenoxy) is 2. The number of aromatic nitrogens is 2. The summed E-state index contributed by atoms with van der Waals surface area (Å²) in [7, 11) is 0. The number of benzene rings is 1. The molecule has 32 heavy (non-hydrogen) atoms. The van der Waals surface area contributed by atoms with Crippen molar-refractivity contribution in [1.82, 2.24) is 4.98 Å². The van der Waals surface area contributed by atoms with E-state index in [1.165, 1.54) is 25.2 Å². The second-order valence-electron chi connectivity index (χ2n) is 8.01. The molecule has 3 fully saturated rings. The number of halogens is 2. The fourth-order valence-electron chi connectivity index (χ4n) is 3.73. The molecule has 1 aromatic carbocycles. The average Bonchev–Trinajstić information content (AvgIpc) is 3.14. The minimum Gasteiger partial charge on any atom is -0.619 e. The summed E-state index contributed by atoms with van der Waals surface area (Å²) in [6.07, 6.45) is 11.3. The van der Waals surface area contributed by atoms with Gasteiger partial charge in [-0.15, -0.1) is 11.3 Å². The normalized spacial score (nSPS) is 19.4. The maximum Gasteiger partial charge on any atom is 0.387 e. The topological polar surface area (TPSA) is 58.3 Å². The molecular formula is C24H26F2N2O3S. The second kappa shape index (κ2) is 10.4. The third-order valence-corrected chi connectivity index (χ3v) is 6.79. The van der Waals surface area contributed by atoms with E-state index in [9.17, 15) is 14.0 Å². The van der Waals surface area contributed by atoms with Crippen LogP contribution in [0.1, 0.15) is 53.1 Å². The van der Waals surface area contributed by atoms with Crippen LogP contribution in [0.2, 0.25) is 0 Å². The zero-order valence-corrected chi connectivity index (χ0v) is 18.6. The number of rotatable bonds is 8. The minimum atomic E-state index is -2.89. The SMILES string of the molecule is C1C2CC1O2.CCCc1cnc(C(Cc2cc[n+]([O-])cc2)c2ccccc2OC(F)F)s1. The van der Waals surface area contributed by atoms with E-state index in [4.69, 9.17) is 9.47 Å². The van der Waals surface area contributed by atoms with E-state index in [0.717, 1.165) is 33.0 Å². The molecule has 0 spiro atoms. The number of pyridine rings is 1. The van der Waals surface area contributed by atoms with Crippen molar-refractivity contribution < 1.29 is 23.0 Å². The lowest BCUT2D eigenvalue weighted by molar-refractivity contribution is -0.605. The van der Waals surface area contributed by atoms with Gasteiger partial charge in [0.25, 0.3) is 0 Å². The van der Waals surface area contributed by atoms with Crippen LogP contribution in [-0.2, 0) is 17.6 Å². The lowest BCUT2D eigenvalue weighted by atomic mass is 9.84. The largest absolute Gasteiger partial charge is 0.619 e. The fraction of sp³-hybridized carbons (Fsp3) is 0.417. The van der Waals surface area contributed by atoms with Crippen molar-refractivity contribution in [3.05, 3.63) is 81.2 Å². The molecule has 1 saturated carbocycles. The first-order valence-electron chi connectivity index (χ1n) is 10.8. The molecule has 3 aliphatic rings. The maximum atomic E-state index is 12.9. The molecule has 2 aliphatic heterocycles. The van der Waals surface area contributed by atoms with Crippen LogP contribution in [0.4, 0.5) is 8.78 Å². The van der Waals surface area contributed by atoms with Crippen LogP contribution in [0.5, 0.6) is 5.75 Å². The molecular weight excluding hydrogens is 434 g/mol. The number of aryl methyl sites for hydroxylation is 1. The van der Waals surface area contributed by atoms with E-state index in [-0.39, 0.29) is 11.7 Å². The van der Waals surface area contributed by atoms with Gasteiger partial charge in [-0.05, 0) is 37.3 Å². The monoisotopic (exact) mass is 460 g/mol. The van der Waals surface area contributed by atoms with Crippen molar-refractivity contribution in [2.45, 2.75) is 63.8 Å². The summed E-state index contributed by atoms with van der Waals surface area (Å²) in [5.74, 6) is -0.0855. The van der Waals surface area contributed by atoms with Gasteiger partial charge in [0, 0.05) is 34.7 Å². The van der Waals surface area contributed by atoms with Gasteiger partial charge in [0.2, 0.25) is 0 Å². The highest BCUT2D eigenvalue weighted by atomic mass is 32.1. The Bertz CT molecular complexity index is 992. The van der Waals surface area contributed by atoms with Crippen molar-refractivity contribution in [2.24, 2.45) is 0 Å². The van der Waals surface area contributed by atoms with E-state index in [2.05, 4.69) is 11.9 Å². The summed E-state index contributed by atoms with van der Waals surface area (Å²) in [5.41, 5.74) is 1.58. The highest BCUT2D eigenvalue weighted by Gasteiger charge is 2.43. The number of nitrogens with zero attached hydrogens (tertiary/aromatic N) is 2. The van der Waals surface area contributed by atoms with Crippen LogP contribution in [0, 0.1) is 5.21 Å². The number of hydrogen-bond acceptors (Lipinski definition) is 5. The van der Waals surface area contributed by atoms with E-state index >= 15 is 0 Å². The summed E-state index contributed by atoms with van der Waals surface area (Å²) in [4.78, 5) is 5.72. The predicted octanol–water partition coefficient (Wildman–Crippen LogP) is 5.25. The quantitative estimate of drug-likeness (QED) is 0.340. The Morgan fingerprint density at radius 3 is 2.44 bits per heavy atom. The lowest BCUT2D eigenvalue weighted by Gasteiger charge is -2.49. The first-order chi connectivity index (χ1) is 15.5. The standard InChI is InChI=1S/C20H20F2N2O2S.C4H6O/c1-2-5-15-13-23-19(27-15)17(12-14-8-10-24(25)11-9-14)16-6-3-4-7-18(16)26-20(21)22;1-3-2-4(1)5-3/h3-4,6-11,13,17,20H,2,5,12H2,1H3;3-4H,1-2H2. The summed E-state index contributed by atoms with van der Waals surface area (Å²) >= 11 is 1.59. The molecule has 1 atom stereocenters. The molecule has 2 aromatic heterocycles. The molecule has 0 amide bonds. The number of para-hydroxylation sites is 1. The van der Waals surface area contributed by atoms with Crippen molar-refractivity contribution in [3.8, 4) is 5.75 Å². The molecule has 0 radical (unpaired) electrons.